The third-order valence-electron chi connectivity index (χ3n) is 1.04. The molecule has 0 aliphatic rings. The fourth-order valence-electron chi connectivity index (χ4n) is 0.517. The van der Waals surface area contributed by atoms with Crippen LogP contribution in [0.4, 0.5) is 0 Å². The van der Waals surface area contributed by atoms with Crippen molar-refractivity contribution in [2.24, 2.45) is 0 Å². The van der Waals surface area contributed by atoms with E-state index in [0.717, 1.165) is 4.83 Å². The summed E-state index contributed by atoms with van der Waals surface area (Å²) >= 11 is 3.54. The van der Waals surface area contributed by atoms with Crippen LogP contribution in [0.2, 0.25) is 0 Å². The van der Waals surface area contributed by atoms with Crippen molar-refractivity contribution in [3.8, 4) is 0 Å². The Morgan fingerprint density at radius 1 is 1.43 bits per heavy atom. The first kappa shape index (κ1) is 7.48. The topological polar surface area (TPSA) is 0 Å². The van der Waals surface area contributed by atoms with E-state index in [0.29, 0.717) is 0 Å². The van der Waals surface area contributed by atoms with Crippen LogP contribution >= 0.6 is 15.9 Å². The van der Waals surface area contributed by atoms with Crippen LogP contribution in [0.15, 0.2) is 0 Å². The maximum absolute atomic E-state index is 3.54. The molecule has 0 rings (SSSR count). The second-order valence-electron chi connectivity index (χ2n) is 1.79. The highest BCUT2D eigenvalue weighted by molar-refractivity contribution is 9.09. The van der Waals surface area contributed by atoms with Gasteiger partial charge in [-0.05, 0) is 12.8 Å². The zero-order valence-electron chi connectivity index (χ0n) is 5.08. The largest absolute Gasteiger partial charge is 0.0891 e. The minimum atomic E-state index is 0.762. The van der Waals surface area contributed by atoms with Gasteiger partial charge >= 0.3 is 0 Å². The molecular weight excluding hydrogens is 152 g/mol. The van der Waals surface area contributed by atoms with Crippen molar-refractivity contribution >= 4 is 15.9 Å². The molecule has 0 spiro atoms. The average Bonchev–Trinajstić information content (AvgIpc) is 1.68. The quantitative estimate of drug-likeness (QED) is 0.564. The van der Waals surface area contributed by atoms with Crippen LogP contribution in [0.3, 0.4) is 0 Å². The molecule has 0 aliphatic carbocycles. The van der Waals surface area contributed by atoms with Gasteiger partial charge in [0.25, 0.3) is 0 Å². The maximum atomic E-state index is 3.54. The SMILES string of the molecule is CCCC(Br)CC. The monoisotopic (exact) mass is 164 g/mol. The van der Waals surface area contributed by atoms with Crippen molar-refractivity contribution in [2.45, 2.75) is 37.9 Å². The predicted octanol–water partition coefficient (Wildman–Crippen LogP) is 2.96. The molecule has 0 bridgehead atoms. The van der Waals surface area contributed by atoms with Gasteiger partial charge in [0.2, 0.25) is 0 Å². The molecule has 1 unspecified atom stereocenters. The standard InChI is InChI=1S/C6H13Br/c1-3-5-6(7)4-2/h6H,3-5H2,1-2H3. The Morgan fingerprint density at radius 3 is 2.14 bits per heavy atom. The van der Waals surface area contributed by atoms with Gasteiger partial charge < -0.3 is 0 Å². The molecule has 0 aromatic carbocycles. The van der Waals surface area contributed by atoms with Crippen LogP contribution in [0.25, 0.3) is 0 Å². The molecule has 0 nitrogen and oxygen atoms in total. The van der Waals surface area contributed by atoms with Crippen LogP contribution in [0, 0.1) is 0 Å². The first-order valence-electron chi connectivity index (χ1n) is 2.95. The van der Waals surface area contributed by atoms with Gasteiger partial charge in [0, 0.05) is 4.83 Å². The summed E-state index contributed by atoms with van der Waals surface area (Å²) in [7, 11) is 0. The van der Waals surface area contributed by atoms with E-state index in [2.05, 4.69) is 29.8 Å². The Morgan fingerprint density at radius 2 is 2.00 bits per heavy atom. The van der Waals surface area contributed by atoms with Crippen molar-refractivity contribution < 1.29 is 0 Å². The number of halogens is 1. The zero-order chi connectivity index (χ0) is 5.70. The Labute approximate surface area is 54.4 Å². The number of hydrogen-bond acceptors (Lipinski definition) is 0. The van der Waals surface area contributed by atoms with E-state index in [-0.39, 0.29) is 0 Å². The van der Waals surface area contributed by atoms with Crippen molar-refractivity contribution in [3.05, 3.63) is 0 Å². The summed E-state index contributed by atoms with van der Waals surface area (Å²) in [5.74, 6) is 0. The first-order chi connectivity index (χ1) is 3.31. The van der Waals surface area contributed by atoms with E-state index in [4.69, 9.17) is 0 Å². The normalized spacial score (nSPS) is 14.1. The minimum Gasteiger partial charge on any atom is -0.0891 e. The van der Waals surface area contributed by atoms with Crippen LogP contribution < -0.4 is 0 Å². The summed E-state index contributed by atoms with van der Waals surface area (Å²) in [6, 6.07) is 0. The molecule has 0 aliphatic heterocycles. The molecule has 0 aromatic rings. The molecule has 1 atom stereocenters. The molecule has 0 aromatic heterocycles. The van der Waals surface area contributed by atoms with E-state index in [1.165, 1.54) is 19.3 Å². The van der Waals surface area contributed by atoms with Crippen molar-refractivity contribution in [1.82, 2.24) is 0 Å². The fraction of sp³-hybridized carbons (Fsp3) is 1.00. The number of hydrogen-bond donors (Lipinski definition) is 0. The second-order valence-corrected chi connectivity index (χ2v) is 3.09. The van der Waals surface area contributed by atoms with Crippen LogP contribution in [0.1, 0.15) is 33.1 Å². The van der Waals surface area contributed by atoms with Crippen molar-refractivity contribution in [3.63, 3.8) is 0 Å². The minimum absolute atomic E-state index is 0.762. The summed E-state index contributed by atoms with van der Waals surface area (Å²) in [4.78, 5) is 0.762. The third-order valence-corrected chi connectivity index (χ3v) is 2.15. The van der Waals surface area contributed by atoms with Crippen molar-refractivity contribution in [1.29, 1.82) is 0 Å². The number of alkyl halides is 1. The maximum Gasteiger partial charge on any atom is 0.0143 e. The third kappa shape index (κ3) is 4.33. The second kappa shape index (κ2) is 4.63. The molecular formula is C6H13Br. The first-order valence-corrected chi connectivity index (χ1v) is 3.86. The van der Waals surface area contributed by atoms with Crippen molar-refractivity contribution in [2.75, 3.05) is 0 Å². The molecule has 1 heteroatoms. The van der Waals surface area contributed by atoms with E-state index < -0.39 is 0 Å². The Balaban J connectivity index is 2.83. The summed E-state index contributed by atoms with van der Waals surface area (Å²) in [6.07, 6.45) is 3.87. The highest BCUT2D eigenvalue weighted by Gasteiger charge is 1.94. The summed E-state index contributed by atoms with van der Waals surface area (Å²) in [6.45, 7) is 4.42. The molecule has 0 N–H and O–H groups in total. The molecule has 0 radical (unpaired) electrons. The zero-order valence-corrected chi connectivity index (χ0v) is 6.66. The van der Waals surface area contributed by atoms with Gasteiger partial charge in [-0.25, -0.2) is 0 Å². The lowest BCUT2D eigenvalue weighted by Crippen LogP contribution is -1.91. The highest BCUT2D eigenvalue weighted by Crippen LogP contribution is 2.10. The van der Waals surface area contributed by atoms with Crippen LogP contribution in [-0.4, -0.2) is 4.83 Å². The van der Waals surface area contributed by atoms with Gasteiger partial charge in [-0.3, -0.25) is 0 Å². The van der Waals surface area contributed by atoms with Gasteiger partial charge in [-0.15, -0.1) is 0 Å². The lowest BCUT2D eigenvalue weighted by atomic mass is 10.2. The smallest absolute Gasteiger partial charge is 0.0143 e. The molecule has 0 saturated heterocycles. The highest BCUT2D eigenvalue weighted by atomic mass is 79.9. The van der Waals surface area contributed by atoms with Gasteiger partial charge in [0.15, 0.2) is 0 Å². The van der Waals surface area contributed by atoms with E-state index in [1.54, 1.807) is 0 Å². The van der Waals surface area contributed by atoms with Gasteiger partial charge in [0.1, 0.15) is 0 Å². The van der Waals surface area contributed by atoms with Gasteiger partial charge in [0.05, 0.1) is 0 Å². The summed E-state index contributed by atoms with van der Waals surface area (Å²) in [5.41, 5.74) is 0. The van der Waals surface area contributed by atoms with Gasteiger partial charge in [-0.1, -0.05) is 36.2 Å². The number of rotatable bonds is 3. The summed E-state index contributed by atoms with van der Waals surface area (Å²) in [5, 5.41) is 0. The summed E-state index contributed by atoms with van der Waals surface area (Å²) < 4.78 is 0. The van der Waals surface area contributed by atoms with E-state index in [1.807, 2.05) is 0 Å². The lowest BCUT2D eigenvalue weighted by Gasteiger charge is -2.00. The molecule has 0 heterocycles. The predicted molar refractivity (Wildman–Crippen MR) is 37.9 cm³/mol. The Bertz CT molecular complexity index is 35.2. The Hall–Kier alpha value is 0.480. The molecule has 44 valence electrons. The van der Waals surface area contributed by atoms with Gasteiger partial charge in [-0.2, -0.15) is 0 Å². The average molecular weight is 165 g/mol. The van der Waals surface area contributed by atoms with E-state index in [9.17, 15) is 0 Å². The molecule has 0 fully saturated rings. The van der Waals surface area contributed by atoms with Crippen LogP contribution in [-0.2, 0) is 0 Å². The fourth-order valence-corrected chi connectivity index (χ4v) is 0.975. The molecule has 7 heavy (non-hydrogen) atoms. The lowest BCUT2D eigenvalue weighted by molar-refractivity contribution is 0.730. The molecule has 0 saturated carbocycles. The van der Waals surface area contributed by atoms with Crippen LogP contribution in [0.5, 0.6) is 0 Å². The molecule has 0 amide bonds. The Kier molecular flexibility index (Phi) is 4.95. The van der Waals surface area contributed by atoms with E-state index >= 15 is 0 Å².